The minimum atomic E-state index is -0.375. The number of hydrogen-bond donors (Lipinski definition) is 4. The van der Waals surface area contributed by atoms with Crippen LogP contribution in [0.15, 0.2) is 102 Å². The predicted molar refractivity (Wildman–Crippen MR) is 192 cm³/mol. The minimum Gasteiger partial charge on any atom is -0.494 e. The smallest absolute Gasteiger partial charge is 0.291 e. The molecule has 0 unspecified atom stereocenters. The number of nitrogens with one attached hydrogen (secondary N) is 3. The second-order valence-electron chi connectivity index (χ2n) is 12.0. The van der Waals surface area contributed by atoms with Gasteiger partial charge in [0.2, 0.25) is 5.91 Å². The van der Waals surface area contributed by atoms with E-state index >= 15 is 0 Å². The summed E-state index contributed by atoms with van der Waals surface area (Å²) in [5.41, 5.74) is 5.97. The maximum atomic E-state index is 13.0. The molecule has 11 heteroatoms. The third kappa shape index (κ3) is 7.12. The van der Waals surface area contributed by atoms with Gasteiger partial charge in [0.25, 0.3) is 5.91 Å². The molecular weight excluding hydrogens is 604 g/mol. The molecule has 0 aliphatic heterocycles. The minimum absolute atomic E-state index is 0.00524. The van der Waals surface area contributed by atoms with Gasteiger partial charge in [-0.3, -0.25) is 14.5 Å². The molecule has 4 aromatic carbocycles. The Balaban J connectivity index is 1.26. The van der Waals surface area contributed by atoms with Crippen LogP contribution >= 0.6 is 0 Å². The molecule has 0 bridgehead atoms. The van der Waals surface area contributed by atoms with Crippen LogP contribution in [0, 0.1) is 0 Å². The summed E-state index contributed by atoms with van der Waals surface area (Å²) >= 11 is 0. The topological polar surface area (TPSA) is 133 Å². The lowest BCUT2D eigenvalue weighted by Gasteiger charge is -2.23. The van der Waals surface area contributed by atoms with Crippen LogP contribution in [0.2, 0.25) is 0 Å². The third-order valence-electron chi connectivity index (χ3n) is 8.11. The lowest BCUT2D eigenvalue weighted by molar-refractivity contribution is -0.119. The molecule has 2 amide bonds. The Morgan fingerprint density at radius 3 is 2.29 bits per heavy atom. The van der Waals surface area contributed by atoms with Crippen molar-refractivity contribution in [2.45, 2.75) is 0 Å². The predicted octanol–water partition coefficient (Wildman–Crippen LogP) is 5.63. The summed E-state index contributed by atoms with van der Waals surface area (Å²) in [5, 5.41) is 14.8. The highest BCUT2D eigenvalue weighted by Gasteiger charge is 2.20. The zero-order valence-corrected chi connectivity index (χ0v) is 27.4. The van der Waals surface area contributed by atoms with Crippen molar-refractivity contribution in [3.05, 3.63) is 114 Å². The number of aromatic hydroxyl groups is 1. The van der Waals surface area contributed by atoms with E-state index in [0.717, 1.165) is 35.2 Å². The van der Waals surface area contributed by atoms with Crippen molar-refractivity contribution in [3.8, 4) is 5.88 Å². The summed E-state index contributed by atoms with van der Waals surface area (Å²) in [6.07, 6.45) is 0. The zero-order valence-electron chi connectivity index (χ0n) is 27.4. The first kappa shape index (κ1) is 32.2. The van der Waals surface area contributed by atoms with E-state index in [4.69, 9.17) is 4.99 Å². The van der Waals surface area contributed by atoms with Crippen LogP contribution in [-0.2, 0) is 4.79 Å². The number of carbonyl (C=O) groups is 2. The summed E-state index contributed by atoms with van der Waals surface area (Å²) in [6.45, 7) is 1.98. The number of benzene rings is 4. The Bertz CT molecular complexity index is 2070. The van der Waals surface area contributed by atoms with Crippen molar-refractivity contribution < 1.29 is 14.7 Å². The number of imidazole rings is 1. The van der Waals surface area contributed by atoms with Crippen LogP contribution in [0.4, 0.5) is 17.1 Å². The molecule has 0 atom stereocenters. The molecular formula is C37H38N8O3. The second kappa shape index (κ2) is 13.9. The molecule has 2 aromatic heterocycles. The van der Waals surface area contributed by atoms with Gasteiger partial charge in [-0.05, 0) is 75.7 Å². The van der Waals surface area contributed by atoms with Crippen LogP contribution in [-0.4, -0.2) is 95.2 Å². The molecule has 11 nitrogen and oxygen atoms in total. The fourth-order valence-corrected chi connectivity index (χ4v) is 5.42. The molecule has 0 spiro atoms. The van der Waals surface area contributed by atoms with E-state index in [1.54, 1.807) is 24.1 Å². The summed E-state index contributed by atoms with van der Waals surface area (Å²) in [4.78, 5) is 47.1. The molecule has 0 saturated heterocycles. The number of hydrogen-bond acceptors (Lipinski definition) is 7. The SMILES string of the molecule is CN(C)CCN(C)CC(=O)N(C)c1ccc(N=C(c2ccccc2)c2c(O)[nH]c3cc(NC(=O)c4nc5ccccc5[nH]4)ccc23)cc1. The monoisotopic (exact) mass is 642 g/mol. The molecule has 48 heavy (non-hydrogen) atoms. The number of nitrogens with zero attached hydrogens (tertiary/aromatic N) is 5. The van der Waals surface area contributed by atoms with Crippen molar-refractivity contribution in [1.29, 1.82) is 0 Å². The first-order valence-corrected chi connectivity index (χ1v) is 15.6. The number of carbonyl (C=O) groups excluding carboxylic acids is 2. The zero-order chi connectivity index (χ0) is 33.8. The van der Waals surface area contributed by atoms with Crippen LogP contribution in [0.1, 0.15) is 21.7 Å². The number of amides is 2. The third-order valence-corrected chi connectivity index (χ3v) is 8.11. The van der Waals surface area contributed by atoms with Gasteiger partial charge in [-0.2, -0.15) is 0 Å². The fraction of sp³-hybridized carbons (Fsp3) is 0.189. The lowest BCUT2D eigenvalue weighted by Crippen LogP contribution is -2.39. The van der Waals surface area contributed by atoms with E-state index in [1.807, 2.05) is 111 Å². The Labute approximate surface area is 278 Å². The maximum absolute atomic E-state index is 13.0. The van der Waals surface area contributed by atoms with Gasteiger partial charge in [0, 0.05) is 42.5 Å². The quantitative estimate of drug-likeness (QED) is 0.136. The molecule has 6 rings (SSSR count). The molecule has 6 aromatic rings. The first-order valence-electron chi connectivity index (χ1n) is 15.6. The molecule has 2 heterocycles. The molecule has 4 N–H and O–H groups in total. The van der Waals surface area contributed by atoms with Crippen LogP contribution in [0.5, 0.6) is 5.88 Å². The highest BCUT2D eigenvalue weighted by atomic mass is 16.3. The number of para-hydroxylation sites is 2. The second-order valence-corrected chi connectivity index (χ2v) is 12.0. The van der Waals surface area contributed by atoms with E-state index in [1.165, 1.54) is 0 Å². The number of aromatic amines is 2. The van der Waals surface area contributed by atoms with Crippen molar-refractivity contribution in [2.75, 3.05) is 58.0 Å². The normalized spacial score (nSPS) is 11.9. The maximum Gasteiger partial charge on any atom is 0.291 e. The Kier molecular flexibility index (Phi) is 9.33. The van der Waals surface area contributed by atoms with Gasteiger partial charge in [0.1, 0.15) is 0 Å². The molecule has 0 aliphatic carbocycles. The number of likely N-dealkylation sites (N-methyl/N-ethyl adjacent to an activating group) is 3. The Morgan fingerprint density at radius 1 is 0.833 bits per heavy atom. The largest absolute Gasteiger partial charge is 0.494 e. The number of aromatic nitrogens is 3. The van der Waals surface area contributed by atoms with Crippen LogP contribution in [0.25, 0.3) is 21.9 Å². The Hall–Kier alpha value is -5.78. The van der Waals surface area contributed by atoms with Crippen molar-refractivity contribution >= 4 is 56.5 Å². The van der Waals surface area contributed by atoms with E-state index in [9.17, 15) is 14.7 Å². The number of fused-ring (bicyclic) bond motifs is 2. The standard InChI is InChI=1S/C37H38N8O3/c1-43(2)20-21-44(3)23-32(46)45(4)27-17-14-25(15-18-27)38-34(24-10-6-5-7-11-24)33-28-19-16-26(22-31(28)42-36(33)47)39-37(48)35-40-29-12-8-9-13-30(29)41-35/h5-19,22,42,47H,20-21,23H2,1-4H3,(H,39,48)(H,40,41). The van der Waals surface area contributed by atoms with Crippen molar-refractivity contribution in [1.82, 2.24) is 24.8 Å². The molecule has 0 radical (unpaired) electrons. The summed E-state index contributed by atoms with van der Waals surface area (Å²) in [7, 11) is 7.74. The number of H-pyrrole nitrogens is 2. The number of rotatable bonds is 11. The highest BCUT2D eigenvalue weighted by Crippen LogP contribution is 2.33. The van der Waals surface area contributed by atoms with Gasteiger partial charge in [-0.15, -0.1) is 0 Å². The summed E-state index contributed by atoms with van der Waals surface area (Å²) in [6, 6.07) is 29.9. The van der Waals surface area contributed by atoms with Gasteiger partial charge in [-0.25, -0.2) is 9.98 Å². The lowest BCUT2D eigenvalue weighted by atomic mass is 10.0. The van der Waals surface area contributed by atoms with Crippen LogP contribution < -0.4 is 10.2 Å². The van der Waals surface area contributed by atoms with E-state index in [-0.39, 0.29) is 23.5 Å². The summed E-state index contributed by atoms with van der Waals surface area (Å²) in [5.74, 6) is -0.220. The number of anilines is 2. The van der Waals surface area contributed by atoms with E-state index < -0.39 is 0 Å². The average Bonchev–Trinajstić information content (AvgIpc) is 3.67. The van der Waals surface area contributed by atoms with Gasteiger partial charge >= 0.3 is 0 Å². The van der Waals surface area contributed by atoms with E-state index in [0.29, 0.717) is 40.2 Å². The van der Waals surface area contributed by atoms with E-state index in [2.05, 4.69) is 25.2 Å². The highest BCUT2D eigenvalue weighted by molar-refractivity contribution is 6.22. The van der Waals surface area contributed by atoms with Crippen LogP contribution in [0.3, 0.4) is 0 Å². The fourth-order valence-electron chi connectivity index (χ4n) is 5.42. The molecule has 0 aliphatic rings. The van der Waals surface area contributed by atoms with Gasteiger partial charge in [0.05, 0.1) is 40.1 Å². The molecule has 244 valence electrons. The number of aliphatic imine (C=N–C) groups is 1. The van der Waals surface area contributed by atoms with Gasteiger partial charge < -0.3 is 30.2 Å². The average molecular weight is 643 g/mol. The van der Waals surface area contributed by atoms with Gasteiger partial charge in [-0.1, -0.05) is 42.5 Å². The Morgan fingerprint density at radius 2 is 1.56 bits per heavy atom. The van der Waals surface area contributed by atoms with Crippen molar-refractivity contribution in [3.63, 3.8) is 0 Å². The molecule has 0 saturated carbocycles. The first-order chi connectivity index (χ1) is 23.2. The van der Waals surface area contributed by atoms with Crippen molar-refractivity contribution in [2.24, 2.45) is 4.99 Å². The van der Waals surface area contributed by atoms with Gasteiger partial charge in [0.15, 0.2) is 11.7 Å². The molecule has 0 fully saturated rings. The summed E-state index contributed by atoms with van der Waals surface area (Å²) < 4.78 is 0.